The number of rotatable bonds is 5. The van der Waals surface area contributed by atoms with E-state index in [9.17, 15) is 0 Å². The van der Waals surface area contributed by atoms with Gasteiger partial charge in [0.25, 0.3) is 0 Å². The van der Waals surface area contributed by atoms with Crippen LogP contribution < -0.4 is 10.5 Å². The molecule has 0 amide bonds. The fourth-order valence-electron chi connectivity index (χ4n) is 1.13. The fraction of sp³-hybridized carbons (Fsp3) is 0.417. The SMILES string of the molecule is CC(C)(CCOc1ccc(Cl)cc1Cl)C(N)=S. The van der Waals surface area contributed by atoms with Crippen LogP contribution in [0.2, 0.25) is 10.0 Å². The quantitative estimate of drug-likeness (QED) is 0.831. The summed E-state index contributed by atoms with van der Waals surface area (Å²) in [5.41, 5.74) is 5.42. The molecule has 1 aromatic rings. The van der Waals surface area contributed by atoms with E-state index in [0.717, 1.165) is 6.42 Å². The summed E-state index contributed by atoms with van der Waals surface area (Å²) >= 11 is 16.8. The van der Waals surface area contributed by atoms with Gasteiger partial charge < -0.3 is 10.5 Å². The standard InChI is InChI=1S/C12H15Cl2NOS/c1-12(2,11(15)17)5-6-16-10-4-3-8(13)7-9(10)14/h3-4,7H,5-6H2,1-2H3,(H2,15,17). The topological polar surface area (TPSA) is 35.2 Å². The van der Waals surface area contributed by atoms with Crippen molar-refractivity contribution in [3.8, 4) is 5.75 Å². The van der Waals surface area contributed by atoms with Gasteiger partial charge in [-0.25, -0.2) is 0 Å². The molecule has 0 aromatic heterocycles. The number of benzene rings is 1. The molecule has 2 nitrogen and oxygen atoms in total. The molecular formula is C12H15Cl2NOS. The van der Waals surface area contributed by atoms with Crippen LogP contribution in [-0.2, 0) is 0 Å². The lowest BCUT2D eigenvalue weighted by Gasteiger charge is -2.22. The van der Waals surface area contributed by atoms with Crippen molar-refractivity contribution in [2.24, 2.45) is 11.1 Å². The van der Waals surface area contributed by atoms with E-state index in [-0.39, 0.29) is 5.41 Å². The van der Waals surface area contributed by atoms with Gasteiger partial charge in [0.2, 0.25) is 0 Å². The molecule has 1 rings (SSSR count). The first-order valence-corrected chi connectivity index (χ1v) is 6.37. The smallest absolute Gasteiger partial charge is 0.137 e. The van der Waals surface area contributed by atoms with Crippen LogP contribution >= 0.6 is 35.4 Å². The van der Waals surface area contributed by atoms with Gasteiger partial charge in [0.15, 0.2) is 0 Å². The van der Waals surface area contributed by atoms with E-state index < -0.39 is 0 Å². The summed E-state index contributed by atoms with van der Waals surface area (Å²) in [6, 6.07) is 5.14. The van der Waals surface area contributed by atoms with Crippen LogP contribution in [0.25, 0.3) is 0 Å². The van der Waals surface area contributed by atoms with Gasteiger partial charge in [-0.2, -0.15) is 0 Å². The molecule has 0 atom stereocenters. The Morgan fingerprint density at radius 1 is 1.41 bits per heavy atom. The largest absolute Gasteiger partial charge is 0.492 e. The second kappa shape index (κ2) is 5.89. The van der Waals surface area contributed by atoms with Gasteiger partial charge in [-0.1, -0.05) is 49.3 Å². The highest BCUT2D eigenvalue weighted by atomic mass is 35.5. The summed E-state index contributed by atoms with van der Waals surface area (Å²) in [5.74, 6) is 0.620. The molecule has 0 aliphatic heterocycles. The number of halogens is 2. The third-order valence-corrected chi connectivity index (χ3v) is 3.63. The first kappa shape index (κ1) is 14.6. The van der Waals surface area contributed by atoms with E-state index in [4.69, 9.17) is 45.9 Å². The lowest BCUT2D eigenvalue weighted by atomic mass is 9.90. The van der Waals surface area contributed by atoms with Gasteiger partial charge in [0.1, 0.15) is 5.75 Å². The second-order valence-corrected chi connectivity index (χ2v) is 5.70. The minimum atomic E-state index is -0.214. The van der Waals surface area contributed by atoms with E-state index >= 15 is 0 Å². The van der Waals surface area contributed by atoms with E-state index in [1.807, 2.05) is 13.8 Å². The highest BCUT2D eigenvalue weighted by Gasteiger charge is 2.21. The maximum atomic E-state index is 5.98. The summed E-state index contributed by atoms with van der Waals surface area (Å²) in [7, 11) is 0. The predicted octanol–water partition coefficient (Wildman–Crippen LogP) is 4.07. The monoisotopic (exact) mass is 291 g/mol. The third kappa shape index (κ3) is 4.34. The molecule has 0 spiro atoms. The van der Waals surface area contributed by atoms with Crippen molar-refractivity contribution in [1.29, 1.82) is 0 Å². The van der Waals surface area contributed by atoms with Crippen molar-refractivity contribution in [3.05, 3.63) is 28.2 Å². The zero-order chi connectivity index (χ0) is 13.1. The average molecular weight is 292 g/mol. The molecule has 2 N–H and O–H groups in total. The molecule has 0 aliphatic carbocycles. The van der Waals surface area contributed by atoms with Crippen molar-refractivity contribution in [2.45, 2.75) is 20.3 Å². The Morgan fingerprint density at radius 2 is 2.06 bits per heavy atom. The first-order valence-electron chi connectivity index (χ1n) is 5.21. The Labute approximate surface area is 117 Å². The summed E-state index contributed by atoms with van der Waals surface area (Å²) < 4.78 is 5.57. The summed E-state index contributed by atoms with van der Waals surface area (Å²) in [5, 5.41) is 1.09. The zero-order valence-corrected chi connectivity index (χ0v) is 12.1. The number of hydrogen-bond donors (Lipinski definition) is 1. The number of hydrogen-bond acceptors (Lipinski definition) is 2. The molecule has 0 unspecified atom stereocenters. The van der Waals surface area contributed by atoms with Crippen LogP contribution in [0, 0.1) is 5.41 Å². The fourth-order valence-corrected chi connectivity index (χ4v) is 1.70. The minimum absolute atomic E-state index is 0.214. The van der Waals surface area contributed by atoms with Gasteiger partial charge in [-0.3, -0.25) is 0 Å². The van der Waals surface area contributed by atoms with Gasteiger partial charge in [0, 0.05) is 10.4 Å². The molecule has 0 saturated heterocycles. The van der Waals surface area contributed by atoms with Crippen molar-refractivity contribution < 1.29 is 4.74 Å². The molecule has 17 heavy (non-hydrogen) atoms. The van der Waals surface area contributed by atoms with Crippen LogP contribution in [0.4, 0.5) is 0 Å². The Bertz CT molecular complexity index is 421. The van der Waals surface area contributed by atoms with Crippen molar-refractivity contribution >= 4 is 40.4 Å². The molecule has 94 valence electrons. The van der Waals surface area contributed by atoms with E-state index in [0.29, 0.717) is 27.4 Å². The molecule has 0 fully saturated rings. The van der Waals surface area contributed by atoms with Crippen molar-refractivity contribution in [2.75, 3.05) is 6.61 Å². The number of thiocarbonyl (C=S) groups is 1. The van der Waals surface area contributed by atoms with Crippen molar-refractivity contribution in [3.63, 3.8) is 0 Å². The molecule has 0 heterocycles. The lowest BCUT2D eigenvalue weighted by Crippen LogP contribution is -2.31. The highest BCUT2D eigenvalue weighted by molar-refractivity contribution is 7.80. The second-order valence-electron chi connectivity index (χ2n) is 4.42. The molecule has 0 bridgehead atoms. The van der Waals surface area contributed by atoms with Gasteiger partial charge >= 0.3 is 0 Å². The Balaban J connectivity index is 2.54. The van der Waals surface area contributed by atoms with E-state index in [1.165, 1.54) is 0 Å². The summed E-state index contributed by atoms with van der Waals surface area (Å²) in [6.45, 7) is 4.48. The van der Waals surface area contributed by atoms with Crippen LogP contribution in [0.3, 0.4) is 0 Å². The number of ether oxygens (including phenoxy) is 1. The Morgan fingerprint density at radius 3 is 2.59 bits per heavy atom. The van der Waals surface area contributed by atoms with Gasteiger partial charge in [-0.05, 0) is 24.6 Å². The third-order valence-electron chi connectivity index (χ3n) is 2.55. The first-order chi connectivity index (χ1) is 7.83. The van der Waals surface area contributed by atoms with Crippen LogP contribution in [0.1, 0.15) is 20.3 Å². The molecule has 0 saturated carbocycles. The maximum absolute atomic E-state index is 5.98. The summed E-state index contributed by atoms with van der Waals surface area (Å²) in [6.07, 6.45) is 0.737. The Kier molecular flexibility index (Phi) is 5.04. The number of nitrogens with two attached hydrogens (primary N) is 1. The average Bonchev–Trinajstić information content (AvgIpc) is 2.21. The van der Waals surface area contributed by atoms with Crippen LogP contribution in [0.5, 0.6) is 5.75 Å². The molecule has 1 aromatic carbocycles. The van der Waals surface area contributed by atoms with E-state index in [1.54, 1.807) is 18.2 Å². The normalized spacial score (nSPS) is 11.3. The Hall–Kier alpha value is -0.510. The highest BCUT2D eigenvalue weighted by Crippen LogP contribution is 2.28. The van der Waals surface area contributed by atoms with Gasteiger partial charge in [0.05, 0.1) is 16.6 Å². The zero-order valence-electron chi connectivity index (χ0n) is 9.80. The molecule has 0 radical (unpaired) electrons. The predicted molar refractivity (Wildman–Crippen MR) is 77.1 cm³/mol. The molecule has 0 aliphatic rings. The van der Waals surface area contributed by atoms with Crippen LogP contribution in [-0.4, -0.2) is 11.6 Å². The maximum Gasteiger partial charge on any atom is 0.137 e. The molecule has 5 heteroatoms. The minimum Gasteiger partial charge on any atom is -0.492 e. The van der Waals surface area contributed by atoms with Crippen molar-refractivity contribution in [1.82, 2.24) is 0 Å². The van der Waals surface area contributed by atoms with E-state index in [2.05, 4.69) is 0 Å². The lowest BCUT2D eigenvalue weighted by molar-refractivity contribution is 0.270. The summed E-state index contributed by atoms with van der Waals surface area (Å²) in [4.78, 5) is 0.489. The van der Waals surface area contributed by atoms with Crippen LogP contribution in [0.15, 0.2) is 18.2 Å². The van der Waals surface area contributed by atoms with Gasteiger partial charge in [-0.15, -0.1) is 0 Å². The molecular weight excluding hydrogens is 277 g/mol.